The lowest BCUT2D eigenvalue weighted by molar-refractivity contribution is 0.405. The van der Waals surface area contributed by atoms with Crippen LogP contribution in [0.15, 0.2) is 60.7 Å². The zero-order valence-electron chi connectivity index (χ0n) is 16.2. The van der Waals surface area contributed by atoms with E-state index in [1.165, 1.54) is 5.56 Å². The Morgan fingerprint density at radius 3 is 2.41 bits per heavy atom. The van der Waals surface area contributed by atoms with E-state index < -0.39 is 0 Å². The first kappa shape index (κ1) is 18.9. The summed E-state index contributed by atoms with van der Waals surface area (Å²) in [4.78, 5) is 11.6. The average molecular weight is 361 g/mol. The third-order valence-corrected chi connectivity index (χ3v) is 4.14. The molecule has 1 aromatic heterocycles. The second-order valence-corrected chi connectivity index (χ2v) is 6.91. The predicted molar refractivity (Wildman–Crippen MR) is 114 cm³/mol. The van der Waals surface area contributed by atoms with Gasteiger partial charge in [-0.05, 0) is 51.7 Å². The Labute approximate surface area is 161 Å². The molecule has 0 aliphatic carbocycles. The highest BCUT2D eigenvalue weighted by Crippen LogP contribution is 2.23. The van der Waals surface area contributed by atoms with Crippen LogP contribution < -0.4 is 10.6 Å². The van der Waals surface area contributed by atoms with Gasteiger partial charge < -0.3 is 15.5 Å². The van der Waals surface area contributed by atoms with Gasteiger partial charge in [0.25, 0.3) is 0 Å². The van der Waals surface area contributed by atoms with Gasteiger partial charge in [-0.2, -0.15) is 0 Å². The van der Waals surface area contributed by atoms with Crippen LogP contribution in [0.4, 0.5) is 17.3 Å². The number of aromatic nitrogens is 2. The summed E-state index contributed by atoms with van der Waals surface area (Å²) in [5.74, 6) is 2.32. The van der Waals surface area contributed by atoms with Gasteiger partial charge in [-0.25, -0.2) is 9.97 Å². The van der Waals surface area contributed by atoms with Crippen LogP contribution in [-0.4, -0.2) is 42.1 Å². The molecule has 2 N–H and O–H groups in total. The van der Waals surface area contributed by atoms with Crippen molar-refractivity contribution in [1.82, 2.24) is 14.9 Å². The lowest BCUT2D eigenvalue weighted by Gasteiger charge is -2.13. The minimum Gasteiger partial charge on any atom is -0.370 e. The molecule has 0 amide bonds. The Morgan fingerprint density at radius 2 is 1.67 bits per heavy atom. The molecule has 0 aliphatic heterocycles. The highest BCUT2D eigenvalue weighted by Gasteiger charge is 2.07. The summed E-state index contributed by atoms with van der Waals surface area (Å²) < 4.78 is 0. The number of benzene rings is 2. The van der Waals surface area contributed by atoms with Crippen molar-refractivity contribution >= 4 is 17.3 Å². The fourth-order valence-electron chi connectivity index (χ4n) is 2.80. The molecule has 5 heteroatoms. The number of rotatable bonds is 8. The number of nitrogens with one attached hydrogen (secondary N) is 2. The van der Waals surface area contributed by atoms with E-state index in [2.05, 4.69) is 48.7 Å². The van der Waals surface area contributed by atoms with Crippen LogP contribution in [0.2, 0.25) is 0 Å². The molecule has 0 spiro atoms. The highest BCUT2D eigenvalue weighted by molar-refractivity contribution is 5.65. The second-order valence-electron chi connectivity index (χ2n) is 6.91. The van der Waals surface area contributed by atoms with Crippen LogP contribution in [0.5, 0.6) is 0 Å². The third kappa shape index (κ3) is 5.79. The van der Waals surface area contributed by atoms with Crippen molar-refractivity contribution in [3.8, 4) is 11.4 Å². The van der Waals surface area contributed by atoms with Crippen LogP contribution in [0.1, 0.15) is 12.0 Å². The van der Waals surface area contributed by atoms with Gasteiger partial charge >= 0.3 is 0 Å². The van der Waals surface area contributed by atoms with Crippen molar-refractivity contribution in [3.63, 3.8) is 0 Å². The van der Waals surface area contributed by atoms with E-state index in [4.69, 9.17) is 9.97 Å². The summed E-state index contributed by atoms with van der Waals surface area (Å²) in [5, 5.41) is 6.83. The second kappa shape index (κ2) is 9.14. The minimum absolute atomic E-state index is 0.711. The Bertz CT molecular complexity index is 862. The first-order valence-corrected chi connectivity index (χ1v) is 9.27. The van der Waals surface area contributed by atoms with Crippen molar-refractivity contribution in [1.29, 1.82) is 0 Å². The van der Waals surface area contributed by atoms with Gasteiger partial charge in [0.2, 0.25) is 0 Å². The molecule has 140 valence electrons. The van der Waals surface area contributed by atoms with Gasteiger partial charge in [0.1, 0.15) is 11.6 Å². The van der Waals surface area contributed by atoms with Crippen LogP contribution in [0, 0.1) is 6.92 Å². The average Bonchev–Trinajstić information content (AvgIpc) is 2.66. The molecular weight excluding hydrogens is 334 g/mol. The van der Waals surface area contributed by atoms with Crippen LogP contribution in [0.3, 0.4) is 0 Å². The van der Waals surface area contributed by atoms with Crippen molar-refractivity contribution in [2.75, 3.05) is 37.8 Å². The van der Waals surface area contributed by atoms with Gasteiger partial charge in [-0.3, -0.25) is 0 Å². The number of hydrogen-bond donors (Lipinski definition) is 2. The maximum atomic E-state index is 4.71. The lowest BCUT2D eigenvalue weighted by atomic mass is 10.2. The van der Waals surface area contributed by atoms with Crippen molar-refractivity contribution < 1.29 is 0 Å². The van der Waals surface area contributed by atoms with Gasteiger partial charge in [0.15, 0.2) is 5.82 Å². The number of anilines is 3. The Kier molecular flexibility index (Phi) is 6.39. The first-order valence-electron chi connectivity index (χ1n) is 9.27. The Balaban J connectivity index is 1.83. The summed E-state index contributed by atoms with van der Waals surface area (Å²) in [6.45, 7) is 3.99. The van der Waals surface area contributed by atoms with Gasteiger partial charge in [0.05, 0.1) is 0 Å². The molecule has 0 saturated heterocycles. The molecule has 3 rings (SSSR count). The topological polar surface area (TPSA) is 53.1 Å². The SMILES string of the molecule is Cc1cccc(Nc2cc(NCCCN(C)C)nc(-c3ccccc3)n2)c1. The summed E-state index contributed by atoms with van der Waals surface area (Å²) in [5.41, 5.74) is 3.23. The van der Waals surface area contributed by atoms with Crippen molar-refractivity contribution in [2.45, 2.75) is 13.3 Å². The minimum atomic E-state index is 0.711. The molecule has 0 aliphatic rings. The van der Waals surface area contributed by atoms with E-state index >= 15 is 0 Å². The number of nitrogens with zero attached hydrogens (tertiary/aromatic N) is 3. The summed E-state index contributed by atoms with van der Waals surface area (Å²) in [7, 11) is 4.17. The van der Waals surface area contributed by atoms with Gasteiger partial charge in [0, 0.05) is 23.9 Å². The van der Waals surface area contributed by atoms with Crippen LogP contribution >= 0.6 is 0 Å². The smallest absolute Gasteiger partial charge is 0.163 e. The standard InChI is InChI=1S/C22H27N5/c1-17-9-7-12-19(15-17)24-21-16-20(23-13-8-14-27(2)3)25-22(26-21)18-10-5-4-6-11-18/h4-7,9-12,15-16H,8,13-14H2,1-3H3,(H2,23,24,25,26). The summed E-state index contributed by atoms with van der Waals surface area (Å²) >= 11 is 0. The van der Waals surface area contributed by atoms with Gasteiger partial charge in [-0.15, -0.1) is 0 Å². The molecule has 0 bridgehead atoms. The molecule has 1 heterocycles. The summed E-state index contributed by atoms with van der Waals surface area (Å²) in [6, 6.07) is 20.3. The lowest BCUT2D eigenvalue weighted by Crippen LogP contribution is -2.16. The van der Waals surface area contributed by atoms with Crippen molar-refractivity contribution in [2.24, 2.45) is 0 Å². The fraction of sp³-hybridized carbons (Fsp3) is 0.273. The molecule has 5 nitrogen and oxygen atoms in total. The van der Waals surface area contributed by atoms with Crippen LogP contribution in [0.25, 0.3) is 11.4 Å². The van der Waals surface area contributed by atoms with E-state index in [1.807, 2.05) is 48.5 Å². The quantitative estimate of drug-likeness (QED) is 0.576. The first-order chi connectivity index (χ1) is 13.1. The molecule has 0 radical (unpaired) electrons. The molecule has 0 atom stereocenters. The largest absolute Gasteiger partial charge is 0.370 e. The van der Waals surface area contributed by atoms with Crippen LogP contribution in [-0.2, 0) is 0 Å². The van der Waals surface area contributed by atoms with Crippen molar-refractivity contribution in [3.05, 3.63) is 66.2 Å². The zero-order chi connectivity index (χ0) is 19.1. The van der Waals surface area contributed by atoms with E-state index in [1.54, 1.807) is 0 Å². The highest BCUT2D eigenvalue weighted by atomic mass is 15.1. The third-order valence-electron chi connectivity index (χ3n) is 4.14. The van der Waals surface area contributed by atoms with E-state index in [9.17, 15) is 0 Å². The Hall–Kier alpha value is -2.92. The van der Waals surface area contributed by atoms with E-state index in [0.717, 1.165) is 42.4 Å². The maximum absolute atomic E-state index is 4.71. The van der Waals surface area contributed by atoms with E-state index in [-0.39, 0.29) is 0 Å². The normalized spacial score (nSPS) is 10.8. The molecule has 3 aromatic rings. The summed E-state index contributed by atoms with van der Waals surface area (Å²) in [6.07, 6.45) is 1.05. The van der Waals surface area contributed by atoms with Gasteiger partial charge in [-0.1, -0.05) is 42.5 Å². The molecule has 27 heavy (non-hydrogen) atoms. The molecule has 0 unspecified atom stereocenters. The van der Waals surface area contributed by atoms with E-state index in [0.29, 0.717) is 5.82 Å². The monoisotopic (exact) mass is 361 g/mol. The molecule has 0 saturated carbocycles. The fourth-order valence-corrected chi connectivity index (χ4v) is 2.80. The predicted octanol–water partition coefficient (Wildman–Crippen LogP) is 4.56. The number of hydrogen-bond acceptors (Lipinski definition) is 5. The molecular formula is C22H27N5. The maximum Gasteiger partial charge on any atom is 0.163 e. The zero-order valence-corrected chi connectivity index (χ0v) is 16.2. The molecule has 0 fully saturated rings. The number of aryl methyl sites for hydroxylation is 1. The Morgan fingerprint density at radius 1 is 0.889 bits per heavy atom. The molecule has 2 aromatic carbocycles.